The third-order valence-corrected chi connectivity index (χ3v) is 4.44. The van der Waals surface area contributed by atoms with E-state index in [0.717, 1.165) is 6.26 Å². The number of amides is 3. The summed E-state index contributed by atoms with van der Waals surface area (Å²) in [6.07, 6.45) is -0.0812. The van der Waals surface area contributed by atoms with Gasteiger partial charge in [-0.25, -0.2) is 13.2 Å². The minimum atomic E-state index is -3.34. The van der Waals surface area contributed by atoms with E-state index in [1.165, 1.54) is 24.3 Å². The molecule has 1 aromatic rings. The summed E-state index contributed by atoms with van der Waals surface area (Å²) in [7, 11) is -3.34. The zero-order valence-corrected chi connectivity index (χ0v) is 16.9. The number of carboxylic acids is 1. The van der Waals surface area contributed by atoms with Crippen LogP contribution in [0.2, 0.25) is 0 Å². The van der Waals surface area contributed by atoms with Crippen molar-refractivity contribution in [1.82, 2.24) is 16.0 Å². The Morgan fingerprint density at radius 3 is 2.27 bits per heavy atom. The number of carbonyl (C=O) groups is 4. The molecule has 0 radical (unpaired) electrons. The van der Waals surface area contributed by atoms with Crippen molar-refractivity contribution >= 4 is 33.7 Å². The van der Waals surface area contributed by atoms with Crippen LogP contribution in [0.25, 0.3) is 0 Å². The number of aliphatic carboxylic acids is 1. The lowest BCUT2D eigenvalue weighted by Gasteiger charge is -2.18. The predicted molar refractivity (Wildman–Crippen MR) is 103 cm³/mol. The lowest BCUT2D eigenvalue weighted by atomic mass is 10.1. The Hall–Kier alpha value is -3.35. The number of carboxylic acid groups (broad SMARTS) is 1. The fourth-order valence-electron chi connectivity index (χ4n) is 2.07. The van der Waals surface area contributed by atoms with E-state index in [4.69, 9.17) is 9.84 Å². The number of ether oxygens (including phenoxy) is 1. The lowest BCUT2D eigenvalue weighted by molar-refractivity contribution is -0.137. The van der Waals surface area contributed by atoms with E-state index in [9.17, 15) is 32.7 Å². The van der Waals surface area contributed by atoms with Crippen LogP contribution < -0.4 is 16.0 Å². The number of benzene rings is 1. The molecule has 30 heavy (non-hydrogen) atoms. The van der Waals surface area contributed by atoms with Gasteiger partial charge in [0.05, 0.1) is 12.3 Å². The summed E-state index contributed by atoms with van der Waals surface area (Å²) in [4.78, 5) is 46.3. The molecule has 13 heteroatoms. The molecular weight excluding hydrogens is 422 g/mol. The number of hydrogen-bond acceptors (Lipinski definition) is 8. The SMILES string of the molecule is CS(=O)(=O)CCOC(=O)N[C@@H](Cc1ccc(O)cc1)C(=O)NCC(=O)NCC(=O)O. The van der Waals surface area contributed by atoms with Crippen LogP contribution in [0.5, 0.6) is 5.75 Å². The lowest BCUT2D eigenvalue weighted by Crippen LogP contribution is -2.50. The van der Waals surface area contributed by atoms with Crippen LogP contribution >= 0.6 is 0 Å². The van der Waals surface area contributed by atoms with Crippen molar-refractivity contribution in [3.05, 3.63) is 29.8 Å². The molecule has 1 atom stereocenters. The summed E-state index contributed by atoms with van der Waals surface area (Å²) in [6.45, 7) is -1.55. The first-order valence-corrected chi connectivity index (χ1v) is 10.7. The van der Waals surface area contributed by atoms with Crippen molar-refractivity contribution in [3.8, 4) is 5.75 Å². The number of nitrogens with one attached hydrogen (secondary N) is 3. The quantitative estimate of drug-likeness (QED) is 0.267. The second-order valence-corrected chi connectivity index (χ2v) is 8.48. The van der Waals surface area contributed by atoms with Crippen LogP contribution in [0.1, 0.15) is 5.56 Å². The first-order chi connectivity index (χ1) is 14.0. The molecule has 0 fully saturated rings. The van der Waals surface area contributed by atoms with E-state index in [-0.39, 0.29) is 17.9 Å². The average molecular weight is 445 g/mol. The summed E-state index contributed by atoms with van der Waals surface area (Å²) in [5.74, 6) is -3.14. The van der Waals surface area contributed by atoms with Crippen molar-refractivity contribution < 1.29 is 42.5 Å². The number of alkyl carbamates (subject to hydrolysis) is 1. The standard InChI is InChI=1S/C17H23N3O9S/c1-30(27,28)7-6-29-17(26)20-13(8-11-2-4-12(21)5-3-11)16(25)19-9-14(22)18-10-15(23)24/h2-5,13,21H,6-10H2,1H3,(H,18,22)(H,19,25)(H,20,26)(H,23,24)/t13-/m0/s1. The highest BCUT2D eigenvalue weighted by molar-refractivity contribution is 7.90. The van der Waals surface area contributed by atoms with Crippen LogP contribution in [0.15, 0.2) is 24.3 Å². The maximum Gasteiger partial charge on any atom is 0.407 e. The maximum atomic E-state index is 12.4. The molecule has 3 amide bonds. The molecule has 12 nitrogen and oxygen atoms in total. The van der Waals surface area contributed by atoms with Crippen LogP contribution in [0.3, 0.4) is 0 Å². The molecule has 0 saturated heterocycles. The summed E-state index contributed by atoms with van der Waals surface area (Å²) in [5.41, 5.74) is 0.569. The van der Waals surface area contributed by atoms with Crippen LogP contribution in [-0.4, -0.2) is 80.3 Å². The van der Waals surface area contributed by atoms with E-state index in [2.05, 4.69) is 16.0 Å². The highest BCUT2D eigenvalue weighted by Crippen LogP contribution is 2.11. The van der Waals surface area contributed by atoms with Crippen molar-refractivity contribution in [2.24, 2.45) is 0 Å². The average Bonchev–Trinajstić information content (AvgIpc) is 2.64. The Kier molecular flexibility index (Phi) is 9.55. The van der Waals surface area contributed by atoms with Crippen molar-refractivity contribution in [2.75, 3.05) is 31.7 Å². The third-order valence-electron chi connectivity index (χ3n) is 3.53. The Labute approximate surface area is 172 Å². The number of sulfone groups is 1. The third kappa shape index (κ3) is 10.8. The van der Waals surface area contributed by atoms with Crippen LogP contribution in [0.4, 0.5) is 4.79 Å². The minimum Gasteiger partial charge on any atom is -0.508 e. The fraction of sp³-hybridized carbons (Fsp3) is 0.412. The number of hydrogen-bond donors (Lipinski definition) is 5. The Morgan fingerprint density at radius 2 is 1.70 bits per heavy atom. The van der Waals surface area contributed by atoms with E-state index >= 15 is 0 Å². The van der Waals surface area contributed by atoms with Crippen LogP contribution in [-0.2, 0) is 35.4 Å². The molecule has 1 rings (SSSR count). The molecule has 0 aliphatic rings. The summed E-state index contributed by atoms with van der Waals surface area (Å²) < 4.78 is 26.9. The minimum absolute atomic E-state index is 0.00277. The molecule has 0 aliphatic heterocycles. The second kappa shape index (κ2) is 11.6. The van der Waals surface area contributed by atoms with Crippen molar-refractivity contribution in [3.63, 3.8) is 0 Å². The Bertz CT molecular complexity index is 869. The highest BCUT2D eigenvalue weighted by atomic mass is 32.2. The molecule has 0 aliphatic carbocycles. The van der Waals surface area contributed by atoms with Gasteiger partial charge < -0.3 is 30.9 Å². The topological polar surface area (TPSA) is 188 Å². The summed E-state index contributed by atoms with van der Waals surface area (Å²) in [5, 5.41) is 24.5. The Balaban J connectivity index is 2.72. The number of phenols is 1. The van der Waals surface area contributed by atoms with Gasteiger partial charge in [0.2, 0.25) is 11.8 Å². The van der Waals surface area contributed by atoms with Crippen LogP contribution in [0, 0.1) is 0 Å². The van der Waals surface area contributed by atoms with Gasteiger partial charge in [-0.15, -0.1) is 0 Å². The largest absolute Gasteiger partial charge is 0.508 e. The van der Waals surface area contributed by atoms with Gasteiger partial charge in [0.15, 0.2) is 9.84 Å². The molecular formula is C17H23N3O9S. The van der Waals surface area contributed by atoms with E-state index in [1.807, 2.05) is 0 Å². The highest BCUT2D eigenvalue weighted by Gasteiger charge is 2.23. The summed E-state index contributed by atoms with van der Waals surface area (Å²) in [6, 6.07) is 4.62. The van der Waals surface area contributed by atoms with Gasteiger partial charge in [0, 0.05) is 12.7 Å². The monoisotopic (exact) mass is 445 g/mol. The first-order valence-electron chi connectivity index (χ1n) is 8.61. The maximum absolute atomic E-state index is 12.4. The molecule has 0 heterocycles. The molecule has 0 aromatic heterocycles. The summed E-state index contributed by atoms with van der Waals surface area (Å²) >= 11 is 0. The molecule has 0 spiro atoms. The van der Waals surface area contributed by atoms with E-state index in [0.29, 0.717) is 5.56 Å². The Morgan fingerprint density at radius 1 is 1.07 bits per heavy atom. The van der Waals surface area contributed by atoms with Gasteiger partial charge in [-0.1, -0.05) is 12.1 Å². The number of phenolic OH excluding ortho intramolecular Hbond substituents is 1. The van der Waals surface area contributed by atoms with E-state index < -0.39 is 59.5 Å². The second-order valence-electron chi connectivity index (χ2n) is 6.22. The zero-order chi connectivity index (χ0) is 22.7. The van der Waals surface area contributed by atoms with Gasteiger partial charge in [-0.2, -0.15) is 0 Å². The molecule has 5 N–H and O–H groups in total. The normalized spacial score (nSPS) is 11.8. The van der Waals surface area contributed by atoms with Crippen molar-refractivity contribution in [1.29, 1.82) is 0 Å². The number of rotatable bonds is 11. The molecule has 1 aromatic carbocycles. The smallest absolute Gasteiger partial charge is 0.407 e. The predicted octanol–water partition coefficient (Wildman–Crippen LogP) is -1.61. The number of carbonyl (C=O) groups excluding carboxylic acids is 3. The van der Waals surface area contributed by atoms with Gasteiger partial charge in [0.1, 0.15) is 24.9 Å². The molecule has 0 unspecified atom stereocenters. The zero-order valence-electron chi connectivity index (χ0n) is 16.1. The van der Waals surface area contributed by atoms with Gasteiger partial charge in [0.25, 0.3) is 0 Å². The van der Waals surface area contributed by atoms with Crippen molar-refractivity contribution in [2.45, 2.75) is 12.5 Å². The first kappa shape index (κ1) is 24.7. The molecule has 166 valence electrons. The molecule has 0 saturated carbocycles. The number of aromatic hydroxyl groups is 1. The van der Waals surface area contributed by atoms with Gasteiger partial charge >= 0.3 is 12.1 Å². The fourth-order valence-corrected chi connectivity index (χ4v) is 2.46. The van der Waals surface area contributed by atoms with Gasteiger partial charge in [-0.3, -0.25) is 14.4 Å². The van der Waals surface area contributed by atoms with Gasteiger partial charge in [-0.05, 0) is 17.7 Å². The van der Waals surface area contributed by atoms with E-state index in [1.54, 1.807) is 0 Å². The molecule has 0 bridgehead atoms.